The van der Waals surface area contributed by atoms with Crippen molar-refractivity contribution in [3.63, 3.8) is 0 Å². The van der Waals surface area contributed by atoms with Crippen molar-refractivity contribution in [3.8, 4) is 11.7 Å². The van der Waals surface area contributed by atoms with Crippen LogP contribution in [0.2, 0.25) is 0 Å². The van der Waals surface area contributed by atoms with Gasteiger partial charge in [0.2, 0.25) is 5.91 Å². The Balaban J connectivity index is 1.55. The molecule has 0 radical (unpaired) electrons. The van der Waals surface area contributed by atoms with Crippen molar-refractivity contribution in [3.05, 3.63) is 53.5 Å². The normalized spacial score (nSPS) is 13.5. The van der Waals surface area contributed by atoms with Crippen molar-refractivity contribution >= 4 is 35.3 Å². The first-order chi connectivity index (χ1) is 16.7. The number of benzene rings is 1. The Labute approximate surface area is 200 Å². The maximum Gasteiger partial charge on any atom is 0.339 e. The third-order valence-corrected chi connectivity index (χ3v) is 5.02. The Bertz CT molecular complexity index is 1330. The van der Waals surface area contributed by atoms with Gasteiger partial charge in [0.1, 0.15) is 18.1 Å². The minimum Gasteiger partial charge on any atom is -0.492 e. The predicted molar refractivity (Wildman–Crippen MR) is 124 cm³/mol. The standard InChI is InChI=1S/C23H23N7O5/c1-5-35-17-9-7-6-8-16(17)29-21(33)20(32)28(23(29)34)12-19(31)26-18-11-15(4)27-30(18)22-24-13(2)10-14(3)25-22/h6-11H,5,12H2,1-4H3,(H,26,31). The van der Waals surface area contributed by atoms with E-state index in [0.29, 0.717) is 22.1 Å². The number of amides is 5. The van der Waals surface area contributed by atoms with Crippen molar-refractivity contribution < 1.29 is 23.9 Å². The highest BCUT2D eigenvalue weighted by atomic mass is 16.5. The second-order valence-electron chi connectivity index (χ2n) is 7.80. The molecule has 12 nitrogen and oxygen atoms in total. The van der Waals surface area contributed by atoms with Gasteiger partial charge in [-0.25, -0.2) is 24.6 Å². The summed E-state index contributed by atoms with van der Waals surface area (Å²) in [6, 6.07) is 8.82. The molecule has 0 unspecified atom stereocenters. The van der Waals surface area contributed by atoms with Crippen LogP contribution in [0.25, 0.3) is 5.95 Å². The van der Waals surface area contributed by atoms with Crippen molar-refractivity contribution in [1.82, 2.24) is 24.6 Å². The Kier molecular flexibility index (Phi) is 6.28. The summed E-state index contributed by atoms with van der Waals surface area (Å²) < 4.78 is 6.83. The molecule has 180 valence electrons. The maximum absolute atomic E-state index is 13.0. The molecule has 4 rings (SSSR count). The van der Waals surface area contributed by atoms with E-state index in [2.05, 4.69) is 20.4 Å². The van der Waals surface area contributed by atoms with E-state index in [0.717, 1.165) is 11.4 Å². The second-order valence-corrected chi connectivity index (χ2v) is 7.80. The first-order valence-corrected chi connectivity index (χ1v) is 10.8. The molecule has 1 aliphatic heterocycles. The number of para-hydroxylation sites is 2. The lowest BCUT2D eigenvalue weighted by Crippen LogP contribution is -2.39. The average molecular weight is 477 g/mol. The highest BCUT2D eigenvalue weighted by molar-refractivity contribution is 6.53. The molecule has 0 aliphatic carbocycles. The van der Waals surface area contributed by atoms with E-state index < -0.39 is 30.3 Å². The van der Waals surface area contributed by atoms with Crippen LogP contribution >= 0.6 is 0 Å². The first-order valence-electron chi connectivity index (χ1n) is 10.8. The summed E-state index contributed by atoms with van der Waals surface area (Å²) in [4.78, 5) is 61.0. The van der Waals surface area contributed by atoms with Crippen molar-refractivity contribution in [2.45, 2.75) is 27.7 Å². The number of aromatic nitrogens is 4. The van der Waals surface area contributed by atoms with E-state index in [-0.39, 0.29) is 23.2 Å². The summed E-state index contributed by atoms with van der Waals surface area (Å²) in [5, 5.41) is 6.94. The molecule has 0 saturated carbocycles. The molecule has 0 atom stereocenters. The molecular weight excluding hydrogens is 454 g/mol. The third kappa shape index (κ3) is 4.58. The zero-order valence-corrected chi connectivity index (χ0v) is 19.6. The molecule has 3 heterocycles. The number of imide groups is 2. The molecule has 12 heteroatoms. The zero-order chi connectivity index (χ0) is 25.3. The van der Waals surface area contributed by atoms with E-state index in [4.69, 9.17) is 4.74 Å². The molecule has 2 aromatic heterocycles. The fourth-order valence-electron chi connectivity index (χ4n) is 3.65. The van der Waals surface area contributed by atoms with Crippen LogP contribution in [0, 0.1) is 20.8 Å². The van der Waals surface area contributed by atoms with Crippen LogP contribution in [0.4, 0.5) is 16.3 Å². The summed E-state index contributed by atoms with van der Waals surface area (Å²) in [5.41, 5.74) is 2.15. The molecule has 0 spiro atoms. The number of carbonyl (C=O) groups is 4. The first kappa shape index (κ1) is 23.5. The highest BCUT2D eigenvalue weighted by Crippen LogP contribution is 2.31. The van der Waals surface area contributed by atoms with Crippen molar-refractivity contribution in [2.75, 3.05) is 23.4 Å². The van der Waals surface area contributed by atoms with E-state index in [1.54, 1.807) is 44.2 Å². The molecule has 1 fully saturated rings. The van der Waals surface area contributed by atoms with Crippen LogP contribution in [-0.4, -0.2) is 61.6 Å². The summed E-state index contributed by atoms with van der Waals surface area (Å²) in [5.74, 6) is -2.11. The number of carbonyl (C=O) groups excluding carboxylic acids is 4. The van der Waals surface area contributed by atoms with Gasteiger partial charge < -0.3 is 10.1 Å². The number of nitrogens with zero attached hydrogens (tertiary/aromatic N) is 6. The molecule has 35 heavy (non-hydrogen) atoms. The Morgan fingerprint density at radius 3 is 2.34 bits per heavy atom. The quantitative estimate of drug-likeness (QED) is 0.402. The minimum absolute atomic E-state index is 0.126. The molecule has 3 aromatic rings. The van der Waals surface area contributed by atoms with E-state index in [9.17, 15) is 19.2 Å². The molecule has 1 aromatic carbocycles. The lowest BCUT2D eigenvalue weighted by molar-refractivity contribution is -0.140. The second kappa shape index (κ2) is 9.33. The summed E-state index contributed by atoms with van der Waals surface area (Å²) in [7, 11) is 0. The Hall–Kier alpha value is -4.61. The summed E-state index contributed by atoms with van der Waals surface area (Å²) in [6.07, 6.45) is 0. The van der Waals surface area contributed by atoms with E-state index in [1.807, 2.05) is 13.8 Å². The summed E-state index contributed by atoms with van der Waals surface area (Å²) in [6.45, 7) is 6.73. The van der Waals surface area contributed by atoms with Crippen molar-refractivity contribution in [1.29, 1.82) is 0 Å². The molecule has 0 bridgehead atoms. The fourth-order valence-corrected chi connectivity index (χ4v) is 3.65. The molecule has 1 N–H and O–H groups in total. The van der Waals surface area contributed by atoms with E-state index >= 15 is 0 Å². The van der Waals surface area contributed by atoms with Crippen molar-refractivity contribution in [2.24, 2.45) is 0 Å². The number of nitrogens with one attached hydrogen (secondary N) is 1. The number of anilines is 2. The van der Waals surface area contributed by atoms with Crippen LogP contribution in [0.15, 0.2) is 36.4 Å². The third-order valence-electron chi connectivity index (χ3n) is 5.02. The number of rotatable bonds is 7. The average Bonchev–Trinajstić information content (AvgIpc) is 3.26. The number of urea groups is 1. The maximum atomic E-state index is 13.0. The molecule has 1 saturated heterocycles. The fraction of sp³-hybridized carbons (Fsp3) is 0.261. The van der Waals surface area contributed by atoms with Crippen LogP contribution in [-0.2, 0) is 14.4 Å². The van der Waals surface area contributed by atoms with Gasteiger partial charge in [-0.3, -0.25) is 14.4 Å². The van der Waals surface area contributed by atoms with Gasteiger partial charge in [-0.2, -0.15) is 9.78 Å². The summed E-state index contributed by atoms with van der Waals surface area (Å²) >= 11 is 0. The van der Waals surface area contributed by atoms with Gasteiger partial charge in [0.25, 0.3) is 5.95 Å². The predicted octanol–water partition coefficient (Wildman–Crippen LogP) is 1.92. The largest absolute Gasteiger partial charge is 0.492 e. The smallest absolute Gasteiger partial charge is 0.339 e. The van der Waals surface area contributed by atoms with Crippen LogP contribution in [0.1, 0.15) is 24.0 Å². The number of hydrogen-bond acceptors (Lipinski definition) is 8. The van der Waals surface area contributed by atoms with Gasteiger partial charge >= 0.3 is 17.8 Å². The monoisotopic (exact) mass is 477 g/mol. The minimum atomic E-state index is -1.11. The van der Waals surface area contributed by atoms with Gasteiger partial charge in [0, 0.05) is 17.5 Å². The van der Waals surface area contributed by atoms with Gasteiger partial charge in [0.05, 0.1) is 18.0 Å². The van der Waals surface area contributed by atoms with Gasteiger partial charge in [-0.1, -0.05) is 12.1 Å². The highest BCUT2D eigenvalue weighted by Gasteiger charge is 2.47. The SMILES string of the molecule is CCOc1ccccc1N1C(=O)C(=O)N(CC(=O)Nc2cc(C)nn2-c2nc(C)cc(C)n2)C1=O. The van der Waals surface area contributed by atoms with Crippen LogP contribution < -0.4 is 15.0 Å². The Morgan fingerprint density at radius 1 is 0.971 bits per heavy atom. The molecule has 5 amide bonds. The number of aryl methyl sites for hydroxylation is 3. The topological polar surface area (TPSA) is 140 Å². The van der Waals surface area contributed by atoms with Gasteiger partial charge in [0.15, 0.2) is 0 Å². The van der Waals surface area contributed by atoms with Crippen LogP contribution in [0.3, 0.4) is 0 Å². The lowest BCUT2D eigenvalue weighted by atomic mass is 10.2. The number of hydrogen-bond donors (Lipinski definition) is 1. The molecule has 1 aliphatic rings. The number of ether oxygens (including phenoxy) is 1. The van der Waals surface area contributed by atoms with Gasteiger partial charge in [-0.15, -0.1) is 0 Å². The lowest BCUT2D eigenvalue weighted by Gasteiger charge is -2.18. The Morgan fingerprint density at radius 2 is 1.66 bits per heavy atom. The van der Waals surface area contributed by atoms with E-state index in [1.165, 1.54) is 10.7 Å². The van der Waals surface area contributed by atoms with Crippen LogP contribution in [0.5, 0.6) is 5.75 Å². The zero-order valence-electron chi connectivity index (χ0n) is 19.6. The molecular formula is C23H23N7O5. The van der Waals surface area contributed by atoms with Gasteiger partial charge in [-0.05, 0) is 45.9 Å².